The van der Waals surface area contributed by atoms with E-state index in [0.29, 0.717) is 23.7 Å². The zero-order valence-electron chi connectivity index (χ0n) is 15.3. The van der Waals surface area contributed by atoms with E-state index in [1.54, 1.807) is 12.1 Å². The van der Waals surface area contributed by atoms with Crippen LogP contribution in [0.5, 0.6) is 5.75 Å². The zero-order valence-corrected chi connectivity index (χ0v) is 16.1. The van der Waals surface area contributed by atoms with Crippen LogP contribution in [0.15, 0.2) is 78.9 Å². The Balaban J connectivity index is 1.55. The molecule has 0 saturated carbocycles. The summed E-state index contributed by atoms with van der Waals surface area (Å²) in [5.74, 6) is 1.49. The summed E-state index contributed by atoms with van der Waals surface area (Å²) in [6, 6.07) is 25.5. The Kier molecular flexibility index (Phi) is 5.60. The van der Waals surface area contributed by atoms with Gasteiger partial charge in [-0.05, 0) is 29.8 Å². The predicted molar refractivity (Wildman–Crippen MR) is 112 cm³/mol. The van der Waals surface area contributed by atoms with Crippen LogP contribution in [-0.2, 0) is 13.0 Å². The molecule has 1 heterocycles. The van der Waals surface area contributed by atoms with Crippen molar-refractivity contribution in [2.75, 3.05) is 6.61 Å². The summed E-state index contributed by atoms with van der Waals surface area (Å²) >= 11 is 6.12. The first-order valence-electron chi connectivity index (χ1n) is 9.24. The number of aromatic nitrogens is 2. The molecule has 0 aliphatic carbocycles. The van der Waals surface area contributed by atoms with Crippen LogP contribution in [-0.4, -0.2) is 27.4 Å². The minimum Gasteiger partial charge on any atom is -0.489 e. The number of fused-ring (bicyclic) bond motifs is 1. The highest BCUT2D eigenvalue weighted by Crippen LogP contribution is 2.24. The van der Waals surface area contributed by atoms with E-state index in [9.17, 15) is 5.11 Å². The highest BCUT2D eigenvalue weighted by molar-refractivity contribution is 6.32. The van der Waals surface area contributed by atoms with Gasteiger partial charge in [0.05, 0.1) is 22.6 Å². The molecule has 0 aliphatic heterocycles. The van der Waals surface area contributed by atoms with E-state index in [4.69, 9.17) is 21.3 Å². The second kappa shape index (κ2) is 8.46. The van der Waals surface area contributed by atoms with Crippen LogP contribution in [0, 0.1) is 0 Å². The van der Waals surface area contributed by atoms with Crippen molar-refractivity contribution in [2.24, 2.45) is 0 Å². The van der Waals surface area contributed by atoms with E-state index in [-0.39, 0.29) is 6.61 Å². The summed E-state index contributed by atoms with van der Waals surface area (Å²) in [6.07, 6.45) is 0.0107. The largest absolute Gasteiger partial charge is 0.489 e. The SMILES string of the molecule is O[C@H](COc1ccccc1Cl)Cn1c(Cc2ccccc2)nc2ccccc21. The molecule has 0 aliphatic rings. The number of aliphatic hydroxyl groups excluding tert-OH is 1. The van der Waals surface area contributed by atoms with Crippen molar-refractivity contribution < 1.29 is 9.84 Å². The molecule has 142 valence electrons. The summed E-state index contributed by atoms with van der Waals surface area (Å²) in [6.45, 7) is 0.550. The van der Waals surface area contributed by atoms with Crippen LogP contribution in [0.3, 0.4) is 0 Å². The van der Waals surface area contributed by atoms with E-state index in [2.05, 4.69) is 16.7 Å². The average molecular weight is 393 g/mol. The minimum atomic E-state index is -0.691. The third-order valence-corrected chi connectivity index (χ3v) is 4.91. The maximum absolute atomic E-state index is 10.6. The molecule has 4 nitrogen and oxygen atoms in total. The van der Waals surface area contributed by atoms with Gasteiger partial charge in [0.1, 0.15) is 24.3 Å². The van der Waals surface area contributed by atoms with E-state index < -0.39 is 6.10 Å². The number of aliphatic hydroxyl groups is 1. The van der Waals surface area contributed by atoms with Crippen LogP contribution in [0.25, 0.3) is 11.0 Å². The average Bonchev–Trinajstić information content (AvgIpc) is 3.05. The molecule has 28 heavy (non-hydrogen) atoms. The van der Waals surface area contributed by atoms with Crippen molar-refractivity contribution in [3.05, 3.63) is 95.3 Å². The van der Waals surface area contributed by atoms with E-state index in [1.807, 2.05) is 54.6 Å². The summed E-state index contributed by atoms with van der Waals surface area (Å²) in [5, 5.41) is 11.1. The monoisotopic (exact) mass is 392 g/mol. The first-order chi connectivity index (χ1) is 13.7. The molecule has 4 rings (SSSR count). The van der Waals surface area contributed by atoms with Gasteiger partial charge in [-0.25, -0.2) is 4.98 Å². The molecular weight excluding hydrogens is 372 g/mol. The second-order valence-corrected chi connectivity index (χ2v) is 7.09. The Morgan fingerprint density at radius 2 is 1.64 bits per heavy atom. The number of hydrogen-bond acceptors (Lipinski definition) is 3. The summed E-state index contributed by atoms with van der Waals surface area (Å²) < 4.78 is 7.77. The van der Waals surface area contributed by atoms with Crippen molar-refractivity contribution in [3.8, 4) is 5.75 Å². The smallest absolute Gasteiger partial charge is 0.138 e. The minimum absolute atomic E-state index is 0.154. The van der Waals surface area contributed by atoms with E-state index in [1.165, 1.54) is 5.56 Å². The van der Waals surface area contributed by atoms with Crippen LogP contribution in [0.1, 0.15) is 11.4 Å². The maximum atomic E-state index is 10.6. The number of nitrogens with zero attached hydrogens (tertiary/aromatic N) is 2. The normalized spacial score (nSPS) is 12.2. The number of imidazole rings is 1. The lowest BCUT2D eigenvalue weighted by Gasteiger charge is -2.16. The summed E-state index contributed by atoms with van der Waals surface area (Å²) in [7, 11) is 0. The predicted octanol–water partition coefficient (Wildman–Crippen LogP) is 4.72. The molecule has 0 spiro atoms. The molecule has 0 radical (unpaired) electrons. The van der Waals surface area contributed by atoms with Gasteiger partial charge in [0.2, 0.25) is 0 Å². The van der Waals surface area contributed by atoms with Crippen molar-refractivity contribution in [2.45, 2.75) is 19.1 Å². The molecule has 0 saturated heterocycles. The topological polar surface area (TPSA) is 47.3 Å². The number of ether oxygens (including phenoxy) is 1. The highest BCUT2D eigenvalue weighted by atomic mass is 35.5. The van der Waals surface area contributed by atoms with Gasteiger partial charge < -0.3 is 14.4 Å². The van der Waals surface area contributed by atoms with Gasteiger partial charge in [0.15, 0.2) is 0 Å². The Hall–Kier alpha value is -2.82. The standard InChI is InChI=1S/C23H21ClN2O2/c24-19-10-4-7-13-22(19)28-16-18(27)15-26-21-12-6-5-11-20(21)25-23(26)14-17-8-2-1-3-9-17/h1-13,18,27H,14-16H2/t18-/m0/s1. The fourth-order valence-corrected chi connectivity index (χ4v) is 3.44. The fourth-order valence-electron chi connectivity index (χ4n) is 3.25. The Morgan fingerprint density at radius 1 is 0.929 bits per heavy atom. The third-order valence-electron chi connectivity index (χ3n) is 4.60. The van der Waals surface area contributed by atoms with Gasteiger partial charge in [-0.15, -0.1) is 0 Å². The summed E-state index contributed by atoms with van der Waals surface area (Å²) in [4.78, 5) is 4.78. The van der Waals surface area contributed by atoms with Crippen LogP contribution in [0.2, 0.25) is 5.02 Å². The first kappa shape index (κ1) is 18.5. The van der Waals surface area contributed by atoms with Gasteiger partial charge in [-0.2, -0.15) is 0 Å². The van der Waals surface area contributed by atoms with Crippen LogP contribution < -0.4 is 4.74 Å². The highest BCUT2D eigenvalue weighted by Gasteiger charge is 2.15. The summed E-state index contributed by atoms with van der Waals surface area (Å²) in [5.41, 5.74) is 3.11. The molecular formula is C23H21ClN2O2. The molecule has 0 bridgehead atoms. The maximum Gasteiger partial charge on any atom is 0.138 e. The van der Waals surface area contributed by atoms with Crippen molar-refractivity contribution >= 4 is 22.6 Å². The molecule has 1 N–H and O–H groups in total. The van der Waals surface area contributed by atoms with Crippen molar-refractivity contribution in [3.63, 3.8) is 0 Å². The lowest BCUT2D eigenvalue weighted by molar-refractivity contribution is 0.0928. The van der Waals surface area contributed by atoms with Gasteiger partial charge >= 0.3 is 0 Å². The van der Waals surface area contributed by atoms with Crippen LogP contribution >= 0.6 is 11.6 Å². The third kappa shape index (κ3) is 4.19. The lowest BCUT2D eigenvalue weighted by atomic mass is 10.1. The van der Waals surface area contributed by atoms with Crippen LogP contribution in [0.4, 0.5) is 0 Å². The van der Waals surface area contributed by atoms with Crippen molar-refractivity contribution in [1.29, 1.82) is 0 Å². The Morgan fingerprint density at radius 3 is 2.46 bits per heavy atom. The molecule has 3 aromatic carbocycles. The van der Waals surface area contributed by atoms with Gasteiger partial charge in [0.25, 0.3) is 0 Å². The lowest BCUT2D eigenvalue weighted by Crippen LogP contribution is -2.24. The molecule has 0 amide bonds. The number of rotatable bonds is 7. The Bertz CT molecular complexity index is 1060. The number of benzene rings is 3. The van der Waals surface area contributed by atoms with E-state index >= 15 is 0 Å². The second-order valence-electron chi connectivity index (χ2n) is 6.68. The quantitative estimate of drug-likeness (QED) is 0.495. The van der Waals surface area contributed by atoms with E-state index in [0.717, 1.165) is 16.9 Å². The molecule has 5 heteroatoms. The fraction of sp³-hybridized carbons (Fsp3) is 0.174. The zero-order chi connectivity index (χ0) is 19.3. The molecule has 1 atom stereocenters. The van der Waals surface area contributed by atoms with Gasteiger partial charge in [-0.1, -0.05) is 66.2 Å². The molecule has 0 unspecified atom stereocenters. The number of halogens is 1. The number of para-hydroxylation sites is 3. The molecule has 4 aromatic rings. The van der Waals surface area contributed by atoms with Gasteiger partial charge in [0, 0.05) is 6.42 Å². The number of hydrogen-bond donors (Lipinski definition) is 1. The van der Waals surface area contributed by atoms with Gasteiger partial charge in [-0.3, -0.25) is 0 Å². The first-order valence-corrected chi connectivity index (χ1v) is 9.62. The Labute approximate surface area is 169 Å². The molecule has 0 fully saturated rings. The van der Waals surface area contributed by atoms with Crippen molar-refractivity contribution in [1.82, 2.24) is 9.55 Å². The molecule has 1 aromatic heterocycles.